The predicted molar refractivity (Wildman–Crippen MR) is 85.4 cm³/mol. The molecule has 0 aliphatic rings. The molecule has 1 atom stereocenters. The molecule has 0 radical (unpaired) electrons. The molecule has 0 fully saturated rings. The van der Waals surface area contributed by atoms with Crippen molar-refractivity contribution in [1.29, 1.82) is 0 Å². The molecule has 0 bridgehead atoms. The van der Waals surface area contributed by atoms with Gasteiger partial charge in [0.05, 0.1) is 6.04 Å². The van der Waals surface area contributed by atoms with Gasteiger partial charge in [0.1, 0.15) is 0 Å². The third kappa shape index (κ3) is 5.21. The first-order valence-electron chi connectivity index (χ1n) is 7.02. The van der Waals surface area contributed by atoms with Crippen molar-refractivity contribution in [3.63, 3.8) is 0 Å². The highest BCUT2D eigenvalue weighted by Gasteiger charge is 2.15. The standard InChI is InChI=1S/C16H20N2O2S/c19-10-5-9-17-16(20)18-14(15-8-4-11-21-15)12-13-6-2-1-3-7-13/h1-4,6-8,11,14,19H,5,9-10,12H2,(H2,17,18,20). The Morgan fingerprint density at radius 3 is 2.67 bits per heavy atom. The second kappa shape index (κ2) is 8.44. The Kier molecular flexibility index (Phi) is 6.24. The first-order valence-corrected chi connectivity index (χ1v) is 7.90. The van der Waals surface area contributed by atoms with Crippen molar-refractivity contribution < 1.29 is 9.90 Å². The number of urea groups is 1. The van der Waals surface area contributed by atoms with Crippen LogP contribution in [0.2, 0.25) is 0 Å². The second-order valence-electron chi connectivity index (χ2n) is 4.74. The van der Waals surface area contributed by atoms with Crippen LogP contribution in [-0.2, 0) is 6.42 Å². The summed E-state index contributed by atoms with van der Waals surface area (Å²) >= 11 is 1.64. The lowest BCUT2D eigenvalue weighted by Crippen LogP contribution is -2.39. The summed E-state index contributed by atoms with van der Waals surface area (Å²) in [5, 5.41) is 16.5. The van der Waals surface area contributed by atoms with Crippen LogP contribution in [-0.4, -0.2) is 24.3 Å². The topological polar surface area (TPSA) is 61.4 Å². The third-order valence-corrected chi connectivity index (χ3v) is 4.08. The Bertz CT molecular complexity index is 528. The van der Waals surface area contributed by atoms with Crippen molar-refractivity contribution in [2.24, 2.45) is 0 Å². The van der Waals surface area contributed by atoms with Gasteiger partial charge in [0, 0.05) is 18.0 Å². The van der Waals surface area contributed by atoms with E-state index in [2.05, 4.69) is 22.8 Å². The maximum atomic E-state index is 11.9. The highest BCUT2D eigenvalue weighted by Crippen LogP contribution is 2.22. The molecule has 112 valence electrons. The molecule has 3 N–H and O–H groups in total. The number of thiophene rings is 1. The number of aliphatic hydroxyl groups is 1. The lowest BCUT2D eigenvalue weighted by Gasteiger charge is -2.18. The summed E-state index contributed by atoms with van der Waals surface area (Å²) in [5.41, 5.74) is 1.19. The van der Waals surface area contributed by atoms with Gasteiger partial charge in [-0.05, 0) is 29.9 Å². The summed E-state index contributed by atoms with van der Waals surface area (Å²) in [4.78, 5) is 13.0. The van der Waals surface area contributed by atoms with Crippen molar-refractivity contribution in [1.82, 2.24) is 10.6 Å². The first kappa shape index (κ1) is 15.5. The lowest BCUT2D eigenvalue weighted by atomic mass is 10.0. The molecule has 1 unspecified atom stereocenters. The van der Waals surface area contributed by atoms with Gasteiger partial charge in [-0.3, -0.25) is 0 Å². The average molecular weight is 304 g/mol. The smallest absolute Gasteiger partial charge is 0.315 e. The minimum Gasteiger partial charge on any atom is -0.396 e. The molecule has 0 saturated carbocycles. The number of rotatable bonds is 7. The van der Waals surface area contributed by atoms with E-state index in [1.54, 1.807) is 11.3 Å². The molecule has 1 aromatic heterocycles. The SMILES string of the molecule is O=C(NCCCO)NC(Cc1ccccc1)c1cccs1. The molecule has 2 rings (SSSR count). The Hall–Kier alpha value is -1.85. The normalized spacial score (nSPS) is 11.9. The van der Waals surface area contributed by atoms with Crippen LogP contribution < -0.4 is 10.6 Å². The molecule has 0 spiro atoms. The molecule has 0 saturated heterocycles. The van der Waals surface area contributed by atoms with Crippen molar-refractivity contribution in [2.45, 2.75) is 18.9 Å². The molecule has 5 heteroatoms. The predicted octanol–water partition coefficient (Wildman–Crippen LogP) is 2.71. The zero-order valence-corrected chi connectivity index (χ0v) is 12.6. The lowest BCUT2D eigenvalue weighted by molar-refractivity contribution is 0.234. The van der Waals surface area contributed by atoms with Crippen LogP contribution in [0, 0.1) is 0 Å². The fourth-order valence-corrected chi connectivity index (χ4v) is 2.83. The molecule has 21 heavy (non-hydrogen) atoms. The van der Waals surface area contributed by atoms with E-state index in [4.69, 9.17) is 5.11 Å². The van der Waals surface area contributed by atoms with Gasteiger partial charge in [-0.25, -0.2) is 4.79 Å². The third-order valence-electron chi connectivity index (χ3n) is 3.10. The fourth-order valence-electron chi connectivity index (χ4n) is 2.05. The number of carbonyl (C=O) groups is 1. The Labute approximate surface area is 128 Å². The van der Waals surface area contributed by atoms with Gasteiger partial charge in [0.25, 0.3) is 0 Å². The summed E-state index contributed by atoms with van der Waals surface area (Å²) in [6, 6.07) is 13.9. The summed E-state index contributed by atoms with van der Waals surface area (Å²) in [7, 11) is 0. The number of amides is 2. The fraction of sp³-hybridized carbons (Fsp3) is 0.312. The Morgan fingerprint density at radius 1 is 1.19 bits per heavy atom. The van der Waals surface area contributed by atoms with Crippen LogP contribution in [0.1, 0.15) is 22.9 Å². The Balaban J connectivity index is 1.98. The van der Waals surface area contributed by atoms with Crippen LogP contribution in [0.15, 0.2) is 47.8 Å². The zero-order chi connectivity index (χ0) is 14.9. The minimum absolute atomic E-state index is 0.0403. The van der Waals surface area contributed by atoms with Gasteiger partial charge in [0.2, 0.25) is 0 Å². The summed E-state index contributed by atoms with van der Waals surface area (Å²) in [6.07, 6.45) is 1.32. The molecule has 4 nitrogen and oxygen atoms in total. The molecule has 0 aliphatic heterocycles. The first-order chi connectivity index (χ1) is 10.3. The summed E-state index contributed by atoms with van der Waals surface area (Å²) < 4.78 is 0. The minimum atomic E-state index is -0.196. The van der Waals surface area contributed by atoms with E-state index in [-0.39, 0.29) is 18.7 Å². The quantitative estimate of drug-likeness (QED) is 0.689. The number of nitrogens with one attached hydrogen (secondary N) is 2. The number of aliphatic hydroxyl groups excluding tert-OH is 1. The van der Waals surface area contributed by atoms with Gasteiger partial charge in [0.15, 0.2) is 0 Å². The van der Waals surface area contributed by atoms with Crippen LogP contribution in [0.4, 0.5) is 4.79 Å². The maximum Gasteiger partial charge on any atom is 0.315 e. The highest BCUT2D eigenvalue weighted by atomic mass is 32.1. The van der Waals surface area contributed by atoms with Crippen LogP contribution in [0.25, 0.3) is 0 Å². The van der Waals surface area contributed by atoms with E-state index in [1.807, 2.05) is 35.7 Å². The molecular formula is C16H20N2O2S. The second-order valence-corrected chi connectivity index (χ2v) is 5.71. The van der Waals surface area contributed by atoms with Gasteiger partial charge in [-0.2, -0.15) is 0 Å². The van der Waals surface area contributed by atoms with E-state index in [9.17, 15) is 4.79 Å². The number of hydrogen-bond donors (Lipinski definition) is 3. The van der Waals surface area contributed by atoms with Crippen LogP contribution in [0.3, 0.4) is 0 Å². The Morgan fingerprint density at radius 2 is 2.00 bits per heavy atom. The molecule has 1 aromatic carbocycles. The number of benzene rings is 1. The average Bonchev–Trinajstić information content (AvgIpc) is 3.02. The molecule has 1 heterocycles. The molecule has 2 aromatic rings. The van der Waals surface area contributed by atoms with Crippen LogP contribution in [0.5, 0.6) is 0 Å². The largest absolute Gasteiger partial charge is 0.396 e. The summed E-state index contributed by atoms with van der Waals surface area (Å²) in [5.74, 6) is 0. The van der Waals surface area contributed by atoms with Crippen molar-refractivity contribution in [3.8, 4) is 0 Å². The summed E-state index contributed by atoms with van der Waals surface area (Å²) in [6.45, 7) is 0.559. The van der Waals surface area contributed by atoms with Gasteiger partial charge in [-0.1, -0.05) is 36.4 Å². The number of carbonyl (C=O) groups excluding carboxylic acids is 1. The van der Waals surface area contributed by atoms with E-state index in [0.29, 0.717) is 13.0 Å². The van der Waals surface area contributed by atoms with E-state index >= 15 is 0 Å². The maximum absolute atomic E-state index is 11.9. The molecule has 2 amide bonds. The monoisotopic (exact) mass is 304 g/mol. The van der Waals surface area contributed by atoms with Gasteiger partial charge >= 0.3 is 6.03 Å². The zero-order valence-electron chi connectivity index (χ0n) is 11.8. The van der Waals surface area contributed by atoms with Gasteiger partial charge < -0.3 is 15.7 Å². The molecular weight excluding hydrogens is 284 g/mol. The van der Waals surface area contributed by atoms with Gasteiger partial charge in [-0.15, -0.1) is 11.3 Å². The van der Waals surface area contributed by atoms with Crippen molar-refractivity contribution >= 4 is 17.4 Å². The highest BCUT2D eigenvalue weighted by molar-refractivity contribution is 7.10. The van der Waals surface area contributed by atoms with Crippen LogP contribution >= 0.6 is 11.3 Å². The van der Waals surface area contributed by atoms with E-state index in [0.717, 1.165) is 11.3 Å². The van der Waals surface area contributed by atoms with Crippen molar-refractivity contribution in [3.05, 3.63) is 58.3 Å². The van der Waals surface area contributed by atoms with E-state index in [1.165, 1.54) is 5.56 Å². The van der Waals surface area contributed by atoms with Crippen molar-refractivity contribution in [2.75, 3.05) is 13.2 Å². The van der Waals surface area contributed by atoms with E-state index < -0.39 is 0 Å². The molecule has 0 aliphatic carbocycles. The number of hydrogen-bond acceptors (Lipinski definition) is 3.